The average Bonchev–Trinajstić information content (AvgIpc) is 2.92. The van der Waals surface area contributed by atoms with E-state index >= 15 is 0 Å². The van der Waals surface area contributed by atoms with Gasteiger partial charge in [-0.25, -0.2) is 0 Å². The molecule has 0 heterocycles. The van der Waals surface area contributed by atoms with E-state index in [1.54, 1.807) is 0 Å². The summed E-state index contributed by atoms with van der Waals surface area (Å²) in [4.78, 5) is 11.9. The van der Waals surface area contributed by atoms with Crippen LogP contribution >= 0.6 is 23.0 Å². The highest BCUT2D eigenvalue weighted by Crippen LogP contribution is 2.67. The molecule has 3 fully saturated rings. The monoisotopic (exact) mass is 442 g/mol. The van der Waals surface area contributed by atoms with Gasteiger partial charge in [-0.2, -0.15) is 0 Å². The maximum absolute atomic E-state index is 11.9. The van der Waals surface area contributed by atoms with Gasteiger partial charge < -0.3 is 3.07 Å². The first kappa shape index (κ1) is 17.5. The molecule has 4 rings (SSSR count). The zero-order valence-electron chi connectivity index (χ0n) is 15.3. The van der Waals surface area contributed by atoms with E-state index in [4.69, 9.17) is 3.07 Å². The molecular weight excluding hydrogens is 411 g/mol. The number of halogens is 1. The van der Waals surface area contributed by atoms with Gasteiger partial charge in [0.1, 0.15) is 23.0 Å². The van der Waals surface area contributed by atoms with E-state index < -0.39 is 0 Å². The van der Waals surface area contributed by atoms with Gasteiger partial charge in [-0.1, -0.05) is 19.4 Å². The number of fused-ring (bicyclic) bond motifs is 5. The van der Waals surface area contributed by atoms with E-state index in [1.807, 2.05) is 6.08 Å². The van der Waals surface area contributed by atoms with Crippen molar-refractivity contribution in [3.05, 3.63) is 11.6 Å². The summed E-state index contributed by atoms with van der Waals surface area (Å²) in [7, 11) is 0. The number of hydrogen-bond donors (Lipinski definition) is 0. The highest BCUT2D eigenvalue weighted by molar-refractivity contribution is 14.1. The SMILES string of the molecule is C[C@H](OI)[C@H]1CC[C@H]2[C@@H]3CCC4=CC(=O)CC[C@]4(C)[C@H]3CC[C@]12C. The maximum Gasteiger partial charge on any atom is 0.155 e. The Morgan fingerprint density at radius 2 is 1.92 bits per heavy atom. The summed E-state index contributed by atoms with van der Waals surface area (Å²) in [5.41, 5.74) is 2.26. The Morgan fingerprint density at radius 1 is 1.12 bits per heavy atom. The minimum Gasteiger partial charge on any atom is -0.312 e. The van der Waals surface area contributed by atoms with Crippen LogP contribution in [0.15, 0.2) is 11.6 Å². The summed E-state index contributed by atoms with van der Waals surface area (Å²) in [6.45, 7) is 7.32. The molecule has 0 bridgehead atoms. The normalized spacial score (nSPS) is 49.0. The van der Waals surface area contributed by atoms with E-state index in [9.17, 15) is 4.79 Å². The molecule has 0 radical (unpaired) electrons. The highest BCUT2D eigenvalue weighted by atomic mass is 127. The molecule has 4 aliphatic carbocycles. The third-order valence-corrected chi connectivity index (χ3v) is 9.54. The van der Waals surface area contributed by atoms with Gasteiger partial charge in [0.25, 0.3) is 0 Å². The van der Waals surface area contributed by atoms with E-state index in [0.29, 0.717) is 22.7 Å². The predicted molar refractivity (Wildman–Crippen MR) is 105 cm³/mol. The van der Waals surface area contributed by atoms with Crippen molar-refractivity contribution in [1.82, 2.24) is 0 Å². The van der Waals surface area contributed by atoms with Crippen LogP contribution in [0, 0.1) is 34.5 Å². The lowest BCUT2D eigenvalue weighted by atomic mass is 9.46. The molecule has 0 aromatic heterocycles. The van der Waals surface area contributed by atoms with E-state index in [0.717, 1.165) is 36.5 Å². The van der Waals surface area contributed by atoms with E-state index in [2.05, 4.69) is 43.8 Å². The van der Waals surface area contributed by atoms with Gasteiger partial charge in [0.05, 0.1) is 6.10 Å². The van der Waals surface area contributed by atoms with Gasteiger partial charge in [0.2, 0.25) is 0 Å². The second kappa shape index (κ2) is 6.07. The lowest BCUT2D eigenvalue weighted by molar-refractivity contribution is -0.117. The van der Waals surface area contributed by atoms with Crippen LogP contribution in [-0.4, -0.2) is 11.9 Å². The van der Waals surface area contributed by atoms with Crippen molar-refractivity contribution in [1.29, 1.82) is 0 Å². The number of allylic oxidation sites excluding steroid dienone is 1. The molecule has 0 saturated heterocycles. The molecule has 4 aliphatic rings. The van der Waals surface area contributed by atoms with Gasteiger partial charge in [-0.3, -0.25) is 4.79 Å². The Bertz CT molecular complexity index is 570. The quantitative estimate of drug-likeness (QED) is 0.499. The first-order valence-electron chi connectivity index (χ1n) is 9.91. The molecule has 0 unspecified atom stereocenters. The van der Waals surface area contributed by atoms with Gasteiger partial charge in [-0.15, -0.1) is 0 Å². The fraction of sp³-hybridized carbons (Fsp3) is 0.857. The van der Waals surface area contributed by atoms with Crippen LogP contribution in [0.1, 0.15) is 72.1 Å². The third kappa shape index (κ3) is 2.39. The minimum absolute atomic E-state index is 0.307. The summed E-state index contributed by atoms with van der Waals surface area (Å²) in [5, 5.41) is 0. The van der Waals surface area contributed by atoms with Crippen LogP contribution in [-0.2, 0) is 7.86 Å². The summed E-state index contributed by atoms with van der Waals surface area (Å²) >= 11 is 2.10. The third-order valence-electron chi connectivity index (χ3n) is 8.74. The summed E-state index contributed by atoms with van der Waals surface area (Å²) in [6.07, 6.45) is 12.2. The van der Waals surface area contributed by atoms with Crippen molar-refractivity contribution < 1.29 is 7.86 Å². The van der Waals surface area contributed by atoms with Crippen LogP contribution in [0.25, 0.3) is 0 Å². The van der Waals surface area contributed by atoms with Crippen LogP contribution in [0.3, 0.4) is 0 Å². The van der Waals surface area contributed by atoms with Crippen molar-refractivity contribution in [3.63, 3.8) is 0 Å². The Kier molecular flexibility index (Phi) is 4.43. The zero-order valence-corrected chi connectivity index (χ0v) is 17.5. The fourth-order valence-electron chi connectivity index (χ4n) is 7.43. The molecule has 24 heavy (non-hydrogen) atoms. The van der Waals surface area contributed by atoms with Crippen molar-refractivity contribution in [2.45, 2.75) is 78.2 Å². The Balaban J connectivity index is 1.63. The summed E-state index contributed by atoms with van der Waals surface area (Å²) < 4.78 is 5.73. The van der Waals surface area contributed by atoms with E-state index in [1.165, 1.54) is 44.1 Å². The first-order chi connectivity index (χ1) is 11.4. The van der Waals surface area contributed by atoms with Crippen LogP contribution in [0.4, 0.5) is 0 Å². The Hall–Kier alpha value is 0.1000. The molecule has 0 amide bonds. The van der Waals surface area contributed by atoms with Gasteiger partial charge >= 0.3 is 0 Å². The summed E-state index contributed by atoms with van der Waals surface area (Å²) in [5.74, 6) is 3.63. The standard InChI is InChI=1S/C21H31IO2/c1-13(24-22)17-6-7-18-16-5-4-14-12-15(23)8-10-20(14,2)19(16)9-11-21(17,18)3/h12-13,16-19H,4-11H2,1-3H3/t13-,16-,17+,18-,19-,20-,21+/m0/s1. The number of rotatable bonds is 2. The van der Waals surface area contributed by atoms with Crippen LogP contribution in [0.2, 0.25) is 0 Å². The molecule has 2 nitrogen and oxygen atoms in total. The van der Waals surface area contributed by atoms with Crippen molar-refractivity contribution in [2.75, 3.05) is 0 Å². The molecule has 134 valence electrons. The molecule has 7 atom stereocenters. The van der Waals surface area contributed by atoms with Gasteiger partial charge in [-0.05, 0) is 92.4 Å². The Morgan fingerprint density at radius 3 is 2.67 bits per heavy atom. The molecule has 0 aromatic carbocycles. The topological polar surface area (TPSA) is 26.3 Å². The molecule has 0 N–H and O–H groups in total. The van der Waals surface area contributed by atoms with Crippen LogP contribution in [0.5, 0.6) is 0 Å². The molecule has 0 spiro atoms. The lowest BCUT2D eigenvalue weighted by Gasteiger charge is -2.58. The summed E-state index contributed by atoms with van der Waals surface area (Å²) in [6, 6.07) is 0. The number of ketones is 1. The Labute approximate surface area is 160 Å². The van der Waals surface area contributed by atoms with Crippen molar-refractivity contribution >= 4 is 28.8 Å². The predicted octanol–water partition coefficient (Wildman–Crippen LogP) is 5.89. The van der Waals surface area contributed by atoms with Gasteiger partial charge in [0.15, 0.2) is 5.78 Å². The largest absolute Gasteiger partial charge is 0.312 e. The second-order valence-electron chi connectivity index (χ2n) is 9.49. The number of carbonyl (C=O) groups is 1. The maximum atomic E-state index is 11.9. The minimum atomic E-state index is 0.307. The fourth-order valence-corrected chi connectivity index (χ4v) is 7.79. The smallest absolute Gasteiger partial charge is 0.155 e. The lowest BCUT2D eigenvalue weighted by Crippen LogP contribution is -2.51. The highest BCUT2D eigenvalue weighted by Gasteiger charge is 2.59. The van der Waals surface area contributed by atoms with Crippen molar-refractivity contribution in [3.8, 4) is 0 Å². The number of carbonyl (C=O) groups excluding carboxylic acids is 1. The second-order valence-corrected chi connectivity index (χ2v) is 10.00. The molecule has 3 saturated carbocycles. The van der Waals surface area contributed by atoms with Crippen LogP contribution < -0.4 is 0 Å². The zero-order chi connectivity index (χ0) is 17.1. The first-order valence-corrected chi connectivity index (χ1v) is 10.8. The van der Waals surface area contributed by atoms with Crippen molar-refractivity contribution in [2.24, 2.45) is 34.5 Å². The molecule has 0 aromatic rings. The molecular formula is C21H31IO2. The number of hydrogen-bond acceptors (Lipinski definition) is 2. The molecule has 0 aliphatic heterocycles. The van der Waals surface area contributed by atoms with Gasteiger partial charge in [0, 0.05) is 6.42 Å². The van der Waals surface area contributed by atoms with E-state index in [-0.39, 0.29) is 0 Å². The average molecular weight is 442 g/mol. The molecule has 3 heteroatoms.